The van der Waals surface area contributed by atoms with E-state index in [0.29, 0.717) is 0 Å². The Kier molecular flexibility index (Phi) is 2.44. The molecule has 90 valence electrons. The molecular formula is C13H12N4O. The van der Waals surface area contributed by atoms with Crippen molar-refractivity contribution in [2.75, 3.05) is 7.11 Å². The normalized spacial score (nSPS) is 10.8. The molecule has 5 nitrogen and oxygen atoms in total. The maximum Gasteiger partial charge on any atom is 0.163 e. The van der Waals surface area contributed by atoms with Crippen molar-refractivity contribution in [1.29, 1.82) is 0 Å². The lowest BCUT2D eigenvalue weighted by Gasteiger charge is -2.04. The average Bonchev–Trinajstić information content (AvgIpc) is 2.79. The molecule has 0 fully saturated rings. The van der Waals surface area contributed by atoms with Gasteiger partial charge in [0.2, 0.25) is 0 Å². The molecule has 0 unspecified atom stereocenters. The molecule has 0 N–H and O–H groups in total. The number of hydrogen-bond donors (Lipinski definition) is 0. The van der Waals surface area contributed by atoms with E-state index >= 15 is 0 Å². The van der Waals surface area contributed by atoms with Crippen LogP contribution in [-0.2, 0) is 0 Å². The lowest BCUT2D eigenvalue weighted by Crippen LogP contribution is -1.97. The Morgan fingerprint density at radius 1 is 1.11 bits per heavy atom. The third kappa shape index (κ3) is 1.69. The van der Waals surface area contributed by atoms with Crippen LogP contribution in [0.4, 0.5) is 0 Å². The highest BCUT2D eigenvalue weighted by molar-refractivity contribution is 5.59. The Balaban J connectivity index is 2.17. The Morgan fingerprint density at radius 2 is 1.89 bits per heavy atom. The largest absolute Gasteiger partial charge is 0.497 e. The van der Waals surface area contributed by atoms with E-state index in [-0.39, 0.29) is 0 Å². The highest BCUT2D eigenvalue weighted by Gasteiger charge is 2.07. The molecule has 18 heavy (non-hydrogen) atoms. The van der Waals surface area contributed by atoms with Gasteiger partial charge in [-0.2, -0.15) is 4.52 Å². The number of methoxy groups -OCH3 is 1. The first kappa shape index (κ1) is 10.7. The molecule has 3 rings (SSSR count). The second kappa shape index (κ2) is 4.10. The van der Waals surface area contributed by atoms with Crippen LogP contribution in [0.5, 0.6) is 5.75 Å². The second-order valence-corrected chi connectivity index (χ2v) is 3.93. The Bertz CT molecular complexity index is 688. The molecule has 0 aliphatic carbocycles. The van der Waals surface area contributed by atoms with Crippen LogP contribution >= 0.6 is 0 Å². The Hall–Kier alpha value is -2.43. The van der Waals surface area contributed by atoms with Crippen LogP contribution in [0.2, 0.25) is 0 Å². The van der Waals surface area contributed by atoms with Crippen LogP contribution in [0, 0.1) is 6.92 Å². The van der Waals surface area contributed by atoms with Crippen LogP contribution in [0.25, 0.3) is 17.0 Å². The second-order valence-electron chi connectivity index (χ2n) is 3.93. The number of aromatic nitrogens is 4. The number of hydrogen-bond acceptors (Lipinski definition) is 4. The van der Waals surface area contributed by atoms with Gasteiger partial charge < -0.3 is 4.74 Å². The van der Waals surface area contributed by atoms with Gasteiger partial charge in [-0.25, -0.2) is 9.97 Å². The molecule has 2 aromatic heterocycles. The van der Waals surface area contributed by atoms with Gasteiger partial charge in [-0.15, -0.1) is 5.10 Å². The van der Waals surface area contributed by atoms with Crippen LogP contribution in [0.15, 0.2) is 36.5 Å². The number of ether oxygens (including phenoxy) is 1. The molecule has 5 heteroatoms. The standard InChI is InChI=1S/C13H12N4O/c1-9-15-12-7-8-14-13(17(12)16-9)10-3-5-11(18-2)6-4-10/h3-8H,1-2H3. The molecular weight excluding hydrogens is 228 g/mol. The summed E-state index contributed by atoms with van der Waals surface area (Å²) in [5.41, 5.74) is 1.78. The van der Waals surface area contributed by atoms with Crippen molar-refractivity contribution in [3.05, 3.63) is 42.4 Å². The maximum absolute atomic E-state index is 5.14. The predicted molar refractivity (Wildman–Crippen MR) is 67.5 cm³/mol. The SMILES string of the molecule is COc1ccc(-c2nccc3nc(C)nn23)cc1. The van der Waals surface area contributed by atoms with Gasteiger partial charge in [-0.3, -0.25) is 0 Å². The van der Waals surface area contributed by atoms with Crippen LogP contribution in [0.3, 0.4) is 0 Å². The lowest BCUT2D eigenvalue weighted by molar-refractivity contribution is 0.415. The number of fused-ring (bicyclic) bond motifs is 1. The third-order valence-corrected chi connectivity index (χ3v) is 2.71. The summed E-state index contributed by atoms with van der Waals surface area (Å²) in [5, 5.41) is 4.34. The predicted octanol–water partition coefficient (Wildman–Crippen LogP) is 2.11. The van der Waals surface area contributed by atoms with Crippen molar-refractivity contribution in [2.24, 2.45) is 0 Å². The summed E-state index contributed by atoms with van der Waals surface area (Å²) >= 11 is 0. The quantitative estimate of drug-likeness (QED) is 0.688. The van der Waals surface area contributed by atoms with Crippen molar-refractivity contribution in [3.63, 3.8) is 0 Å². The van der Waals surface area contributed by atoms with E-state index in [4.69, 9.17) is 4.74 Å². The van der Waals surface area contributed by atoms with Crippen molar-refractivity contribution in [1.82, 2.24) is 19.6 Å². The first-order valence-corrected chi connectivity index (χ1v) is 5.61. The summed E-state index contributed by atoms with van der Waals surface area (Å²) in [6.45, 7) is 1.87. The monoisotopic (exact) mass is 240 g/mol. The third-order valence-electron chi connectivity index (χ3n) is 2.71. The zero-order valence-electron chi connectivity index (χ0n) is 10.2. The van der Waals surface area contributed by atoms with E-state index in [2.05, 4.69) is 15.1 Å². The number of benzene rings is 1. The summed E-state index contributed by atoms with van der Waals surface area (Å²) < 4.78 is 6.89. The minimum absolute atomic E-state index is 0.734. The molecule has 0 spiro atoms. The molecule has 0 radical (unpaired) electrons. The van der Waals surface area contributed by atoms with E-state index < -0.39 is 0 Å². The Morgan fingerprint density at radius 3 is 2.61 bits per heavy atom. The molecule has 0 aliphatic rings. The van der Waals surface area contributed by atoms with Gasteiger partial charge in [0, 0.05) is 17.8 Å². The summed E-state index contributed by atoms with van der Waals surface area (Å²) in [4.78, 5) is 8.69. The van der Waals surface area contributed by atoms with E-state index in [0.717, 1.165) is 28.6 Å². The van der Waals surface area contributed by atoms with Gasteiger partial charge in [0.05, 0.1) is 7.11 Å². The Labute approximate surface area is 104 Å². The number of rotatable bonds is 2. The van der Waals surface area contributed by atoms with E-state index in [1.807, 2.05) is 37.3 Å². The first-order valence-electron chi connectivity index (χ1n) is 5.61. The van der Waals surface area contributed by atoms with Gasteiger partial charge in [0.25, 0.3) is 0 Å². The molecule has 3 aromatic rings. The highest BCUT2D eigenvalue weighted by atomic mass is 16.5. The summed E-state index contributed by atoms with van der Waals surface area (Å²) in [5.74, 6) is 2.33. The van der Waals surface area contributed by atoms with Crippen molar-refractivity contribution >= 4 is 5.65 Å². The zero-order chi connectivity index (χ0) is 12.5. The van der Waals surface area contributed by atoms with Crippen molar-refractivity contribution in [3.8, 4) is 17.1 Å². The molecule has 2 heterocycles. The molecule has 0 atom stereocenters. The van der Waals surface area contributed by atoms with E-state index in [1.54, 1.807) is 17.8 Å². The lowest BCUT2D eigenvalue weighted by atomic mass is 10.2. The minimum Gasteiger partial charge on any atom is -0.497 e. The molecule has 0 bridgehead atoms. The van der Waals surface area contributed by atoms with Crippen LogP contribution < -0.4 is 4.74 Å². The molecule has 0 saturated carbocycles. The molecule has 1 aromatic carbocycles. The summed E-state index contributed by atoms with van der Waals surface area (Å²) in [6, 6.07) is 9.56. The van der Waals surface area contributed by atoms with Gasteiger partial charge in [-0.05, 0) is 31.2 Å². The van der Waals surface area contributed by atoms with E-state index in [9.17, 15) is 0 Å². The van der Waals surface area contributed by atoms with Crippen molar-refractivity contribution in [2.45, 2.75) is 6.92 Å². The van der Waals surface area contributed by atoms with Crippen molar-refractivity contribution < 1.29 is 4.74 Å². The van der Waals surface area contributed by atoms with Gasteiger partial charge >= 0.3 is 0 Å². The number of aryl methyl sites for hydroxylation is 1. The molecule has 0 amide bonds. The minimum atomic E-state index is 0.734. The fourth-order valence-corrected chi connectivity index (χ4v) is 1.86. The highest BCUT2D eigenvalue weighted by Crippen LogP contribution is 2.20. The summed E-state index contributed by atoms with van der Waals surface area (Å²) in [7, 11) is 1.65. The fourth-order valence-electron chi connectivity index (χ4n) is 1.86. The molecule has 0 saturated heterocycles. The average molecular weight is 240 g/mol. The maximum atomic E-state index is 5.14. The van der Waals surface area contributed by atoms with Gasteiger partial charge in [0.1, 0.15) is 11.6 Å². The topological polar surface area (TPSA) is 52.3 Å². The van der Waals surface area contributed by atoms with Crippen LogP contribution in [0.1, 0.15) is 5.82 Å². The van der Waals surface area contributed by atoms with Crippen LogP contribution in [-0.4, -0.2) is 26.7 Å². The van der Waals surface area contributed by atoms with Gasteiger partial charge in [0.15, 0.2) is 11.5 Å². The van der Waals surface area contributed by atoms with E-state index in [1.165, 1.54) is 0 Å². The summed E-state index contributed by atoms with van der Waals surface area (Å²) in [6.07, 6.45) is 1.74. The molecule has 0 aliphatic heterocycles. The number of nitrogens with zero attached hydrogens (tertiary/aromatic N) is 4. The zero-order valence-corrected chi connectivity index (χ0v) is 10.2. The fraction of sp³-hybridized carbons (Fsp3) is 0.154. The van der Waals surface area contributed by atoms with Gasteiger partial charge in [-0.1, -0.05) is 0 Å². The smallest absolute Gasteiger partial charge is 0.163 e. The first-order chi connectivity index (χ1) is 8.78.